The van der Waals surface area contributed by atoms with Crippen molar-refractivity contribution in [2.75, 3.05) is 19.8 Å². The minimum absolute atomic E-state index is 0.0447. The molecule has 2 aliphatic rings. The Bertz CT molecular complexity index is 1150. The van der Waals surface area contributed by atoms with Gasteiger partial charge in [0.1, 0.15) is 0 Å². The first-order valence-electron chi connectivity index (χ1n) is 9.84. The van der Waals surface area contributed by atoms with Crippen LogP contribution in [0.4, 0.5) is 0 Å². The van der Waals surface area contributed by atoms with Crippen LogP contribution in [0.3, 0.4) is 0 Å². The van der Waals surface area contributed by atoms with Crippen LogP contribution in [0.1, 0.15) is 47.7 Å². The summed E-state index contributed by atoms with van der Waals surface area (Å²) in [4.78, 5) is 26.1. The summed E-state index contributed by atoms with van der Waals surface area (Å²) in [7, 11) is -1.94. The number of benzene rings is 1. The number of sulfone groups is 1. The maximum Gasteiger partial charge on any atom is 0.264 e. The van der Waals surface area contributed by atoms with Gasteiger partial charge in [0.25, 0.3) is 11.8 Å². The average Bonchev–Trinajstić information content (AvgIpc) is 3.45. The zero-order valence-electron chi connectivity index (χ0n) is 17.7. The zero-order chi connectivity index (χ0) is 22.9. The van der Waals surface area contributed by atoms with Crippen LogP contribution in [0.15, 0.2) is 18.2 Å². The van der Waals surface area contributed by atoms with Crippen molar-refractivity contribution in [1.29, 1.82) is 0 Å². The lowest BCUT2D eigenvalue weighted by molar-refractivity contribution is -0.131. The highest BCUT2D eigenvalue weighted by Crippen LogP contribution is 2.33. The molecule has 2 amide bonds. The van der Waals surface area contributed by atoms with Crippen molar-refractivity contribution in [2.45, 2.75) is 43.0 Å². The Morgan fingerprint density at radius 2 is 2.03 bits per heavy atom. The van der Waals surface area contributed by atoms with E-state index in [9.17, 15) is 18.0 Å². The van der Waals surface area contributed by atoms with E-state index in [4.69, 9.17) is 5.21 Å². The van der Waals surface area contributed by atoms with E-state index in [1.807, 2.05) is 13.1 Å². The summed E-state index contributed by atoms with van der Waals surface area (Å²) in [6.45, 7) is 1.57. The van der Waals surface area contributed by atoms with Crippen molar-refractivity contribution in [3.63, 3.8) is 0 Å². The molecule has 31 heavy (non-hydrogen) atoms. The molecule has 3 rings (SSSR count). The molecule has 1 aromatic rings. The lowest BCUT2D eigenvalue weighted by Crippen LogP contribution is -2.50. The van der Waals surface area contributed by atoms with Crippen molar-refractivity contribution in [2.24, 2.45) is 0 Å². The summed E-state index contributed by atoms with van der Waals surface area (Å²) in [5, 5.41) is 12.1. The normalized spacial score (nSPS) is 18.1. The molecule has 1 aromatic carbocycles. The van der Waals surface area contributed by atoms with Crippen LogP contribution >= 0.6 is 0 Å². The number of rotatable bonds is 6. The number of hydroxylamine groups is 1. The predicted octanol–water partition coefficient (Wildman–Crippen LogP) is 0.448. The molecule has 1 aliphatic carbocycles. The fraction of sp³-hybridized carbons (Fsp3) is 0.455. The van der Waals surface area contributed by atoms with E-state index in [2.05, 4.69) is 29.0 Å². The quantitative estimate of drug-likeness (QED) is 0.334. The molecule has 9 heteroatoms. The van der Waals surface area contributed by atoms with Crippen LogP contribution in [-0.2, 0) is 21.2 Å². The summed E-state index contributed by atoms with van der Waals surface area (Å²) in [5.41, 5.74) is 3.36. The highest BCUT2D eigenvalue weighted by atomic mass is 32.2. The Labute approximate surface area is 182 Å². The number of nitrogens with zero attached hydrogens (tertiary/aromatic N) is 1. The van der Waals surface area contributed by atoms with Crippen LogP contribution in [0.5, 0.6) is 0 Å². The molecule has 0 saturated heterocycles. The second kappa shape index (κ2) is 8.35. The number of fused-ring (bicyclic) bond motifs is 1. The van der Waals surface area contributed by atoms with Crippen LogP contribution in [0, 0.1) is 23.7 Å². The number of amides is 2. The second-order valence-electron chi connectivity index (χ2n) is 8.12. The number of hydrogen-bond acceptors (Lipinski definition) is 6. The Balaban J connectivity index is 1.71. The zero-order valence-corrected chi connectivity index (χ0v) is 18.5. The minimum atomic E-state index is -3.83. The van der Waals surface area contributed by atoms with Gasteiger partial charge in [0, 0.05) is 30.5 Å². The first-order chi connectivity index (χ1) is 14.5. The lowest BCUT2D eigenvalue weighted by atomic mass is 10.1. The molecule has 0 radical (unpaired) electrons. The fourth-order valence-electron chi connectivity index (χ4n) is 3.39. The van der Waals surface area contributed by atoms with E-state index in [1.54, 1.807) is 12.1 Å². The fourth-order valence-corrected chi connectivity index (χ4v) is 4.23. The molecule has 1 heterocycles. The summed E-state index contributed by atoms with van der Waals surface area (Å²) >= 11 is 0. The number of nitrogens with one attached hydrogen (secondary N) is 2. The van der Waals surface area contributed by atoms with Crippen molar-refractivity contribution >= 4 is 21.7 Å². The van der Waals surface area contributed by atoms with E-state index in [1.165, 1.54) is 17.3 Å². The second-order valence-corrected chi connectivity index (χ2v) is 10.6. The summed E-state index contributed by atoms with van der Waals surface area (Å²) in [6.07, 6.45) is 2.83. The van der Waals surface area contributed by atoms with Crippen LogP contribution in [0.25, 0.3) is 0 Å². The van der Waals surface area contributed by atoms with Crippen LogP contribution in [-0.4, -0.2) is 60.5 Å². The summed E-state index contributed by atoms with van der Waals surface area (Å²) in [6, 6.07) is 5.27. The Morgan fingerprint density at radius 3 is 2.61 bits per heavy atom. The molecule has 1 fully saturated rings. The minimum Gasteiger partial charge on any atom is -0.334 e. The van der Waals surface area contributed by atoms with Gasteiger partial charge in [0.05, 0.1) is 5.54 Å². The van der Waals surface area contributed by atoms with Crippen LogP contribution < -0.4 is 10.8 Å². The largest absolute Gasteiger partial charge is 0.334 e. The molecule has 8 nitrogen and oxygen atoms in total. The maximum absolute atomic E-state index is 12.7. The molecular weight excluding hydrogens is 418 g/mol. The van der Waals surface area contributed by atoms with Crippen molar-refractivity contribution in [1.82, 2.24) is 15.7 Å². The van der Waals surface area contributed by atoms with E-state index in [0.29, 0.717) is 12.1 Å². The van der Waals surface area contributed by atoms with Crippen molar-refractivity contribution in [3.8, 4) is 23.7 Å². The molecule has 0 bridgehead atoms. The van der Waals surface area contributed by atoms with Gasteiger partial charge < -0.3 is 10.2 Å². The average molecular weight is 444 g/mol. The van der Waals surface area contributed by atoms with Gasteiger partial charge in [-0.1, -0.05) is 11.8 Å². The molecule has 1 atom stereocenters. The summed E-state index contributed by atoms with van der Waals surface area (Å²) in [5.74, 6) is 10.6. The third kappa shape index (κ3) is 4.59. The van der Waals surface area contributed by atoms with Gasteiger partial charge >= 0.3 is 0 Å². The predicted molar refractivity (Wildman–Crippen MR) is 115 cm³/mol. The topological polar surface area (TPSA) is 116 Å². The molecule has 1 unspecified atom stereocenters. The summed E-state index contributed by atoms with van der Waals surface area (Å²) < 4.78 is 22.4. The number of carbonyl (C=O) groups is 2. The smallest absolute Gasteiger partial charge is 0.264 e. The molecule has 1 saturated carbocycles. The van der Waals surface area contributed by atoms with Gasteiger partial charge in [-0.3, -0.25) is 14.8 Å². The monoisotopic (exact) mass is 443 g/mol. The first-order valence-corrected chi connectivity index (χ1v) is 11.7. The third-order valence-electron chi connectivity index (χ3n) is 6.04. The molecule has 1 aliphatic heterocycles. The Kier molecular flexibility index (Phi) is 6.15. The van der Waals surface area contributed by atoms with Gasteiger partial charge in [0.15, 0.2) is 14.6 Å². The standard InChI is InChI=1S/C22H25N3O5S/c1-21(20(27)24-28,31(3,29)30)12-13-25-15-17-14-16(7-8-18(17)19(25)26)6-4-5-9-22(23-2)10-11-22/h7-8,14,23,28H,10-13,15H2,1-3H3,(H,24,27). The van der Waals surface area contributed by atoms with E-state index < -0.39 is 20.5 Å². The molecule has 0 aromatic heterocycles. The maximum atomic E-state index is 12.7. The van der Waals surface area contributed by atoms with E-state index in [-0.39, 0.29) is 24.4 Å². The first kappa shape index (κ1) is 22.8. The Hall–Kier alpha value is -2.85. The number of carbonyl (C=O) groups excluding carboxylic acids is 2. The van der Waals surface area contributed by atoms with Crippen molar-refractivity contribution < 1.29 is 23.2 Å². The van der Waals surface area contributed by atoms with E-state index in [0.717, 1.165) is 30.2 Å². The lowest BCUT2D eigenvalue weighted by Gasteiger charge is -2.27. The van der Waals surface area contributed by atoms with Crippen LogP contribution in [0.2, 0.25) is 0 Å². The number of hydrogen-bond donors (Lipinski definition) is 3. The van der Waals surface area contributed by atoms with Gasteiger partial charge in [-0.15, -0.1) is 0 Å². The van der Waals surface area contributed by atoms with Gasteiger partial charge in [-0.2, -0.15) is 0 Å². The Morgan fingerprint density at radius 1 is 1.32 bits per heavy atom. The van der Waals surface area contributed by atoms with Gasteiger partial charge in [-0.25, -0.2) is 13.9 Å². The van der Waals surface area contributed by atoms with Gasteiger partial charge in [-0.05, 0) is 68.8 Å². The molecule has 0 spiro atoms. The molecular formula is C22H25N3O5S. The molecule has 164 valence electrons. The third-order valence-corrected chi connectivity index (χ3v) is 8.07. The highest BCUT2D eigenvalue weighted by molar-refractivity contribution is 7.92. The highest BCUT2D eigenvalue weighted by Gasteiger charge is 2.44. The van der Waals surface area contributed by atoms with Crippen molar-refractivity contribution in [3.05, 3.63) is 34.9 Å². The molecule has 3 N–H and O–H groups in total. The van der Waals surface area contributed by atoms with E-state index >= 15 is 0 Å². The van der Waals surface area contributed by atoms with Gasteiger partial charge in [0.2, 0.25) is 0 Å². The SMILES string of the molecule is CNC1(C#CC#Cc2ccc3c(c2)CN(CCC(C)(C(=O)NO)S(C)(=O)=O)C3=O)CC1.